The predicted octanol–water partition coefficient (Wildman–Crippen LogP) is 2.75. The third-order valence-electron chi connectivity index (χ3n) is 2.50. The van der Waals surface area contributed by atoms with Crippen LogP contribution in [0.15, 0.2) is 22.8 Å². The summed E-state index contributed by atoms with van der Waals surface area (Å²) in [5.41, 5.74) is 8.58. The van der Waals surface area contributed by atoms with Gasteiger partial charge in [-0.3, -0.25) is 4.98 Å². The van der Waals surface area contributed by atoms with Crippen molar-refractivity contribution in [2.75, 3.05) is 5.73 Å². The molecule has 0 unspecified atom stereocenters. The molecular formula is C12H13BrN4. The first-order valence-electron chi connectivity index (χ1n) is 5.37. The molecule has 0 aliphatic heterocycles. The van der Waals surface area contributed by atoms with E-state index in [-0.39, 0.29) is 0 Å². The first-order chi connectivity index (χ1) is 8.13. The van der Waals surface area contributed by atoms with Gasteiger partial charge in [0.1, 0.15) is 11.5 Å². The Hall–Kier alpha value is -1.49. The number of halogens is 1. The van der Waals surface area contributed by atoms with E-state index in [1.54, 1.807) is 6.20 Å². The summed E-state index contributed by atoms with van der Waals surface area (Å²) < 4.78 is 0.775. The van der Waals surface area contributed by atoms with Crippen molar-refractivity contribution in [2.24, 2.45) is 0 Å². The van der Waals surface area contributed by atoms with Crippen LogP contribution >= 0.6 is 15.9 Å². The van der Waals surface area contributed by atoms with Gasteiger partial charge in [0.15, 0.2) is 5.82 Å². The average molecular weight is 293 g/mol. The smallest absolute Gasteiger partial charge is 0.180 e. The minimum atomic E-state index is 0.455. The minimum Gasteiger partial charge on any atom is -0.383 e. The van der Waals surface area contributed by atoms with Crippen molar-refractivity contribution in [2.45, 2.75) is 20.3 Å². The van der Waals surface area contributed by atoms with E-state index >= 15 is 0 Å². The van der Waals surface area contributed by atoms with Crippen LogP contribution in [0.4, 0.5) is 5.82 Å². The van der Waals surface area contributed by atoms with Gasteiger partial charge in [0.25, 0.3) is 0 Å². The molecule has 2 aromatic rings. The molecule has 2 heterocycles. The summed E-state index contributed by atoms with van der Waals surface area (Å²) in [6.07, 6.45) is 2.53. The van der Waals surface area contributed by atoms with Crippen molar-refractivity contribution in [3.05, 3.63) is 34.1 Å². The maximum atomic E-state index is 5.86. The third kappa shape index (κ3) is 2.29. The Kier molecular flexibility index (Phi) is 3.38. The Bertz CT molecular complexity index is 554. The van der Waals surface area contributed by atoms with Crippen molar-refractivity contribution < 1.29 is 0 Å². The molecule has 17 heavy (non-hydrogen) atoms. The monoisotopic (exact) mass is 292 g/mol. The largest absolute Gasteiger partial charge is 0.383 e. The molecule has 0 atom stereocenters. The van der Waals surface area contributed by atoms with Gasteiger partial charge in [0, 0.05) is 6.20 Å². The molecule has 88 valence electrons. The molecule has 2 rings (SSSR count). The van der Waals surface area contributed by atoms with Crippen LogP contribution in [0, 0.1) is 6.92 Å². The van der Waals surface area contributed by atoms with Crippen LogP contribution in [-0.4, -0.2) is 15.0 Å². The number of nitrogen functional groups attached to an aromatic ring is 1. The lowest BCUT2D eigenvalue weighted by Crippen LogP contribution is -2.03. The minimum absolute atomic E-state index is 0.455. The topological polar surface area (TPSA) is 64.7 Å². The fourth-order valence-electron chi connectivity index (χ4n) is 1.57. The van der Waals surface area contributed by atoms with Crippen LogP contribution in [0.2, 0.25) is 0 Å². The molecule has 0 bridgehead atoms. The van der Waals surface area contributed by atoms with Crippen LogP contribution < -0.4 is 5.73 Å². The van der Waals surface area contributed by atoms with E-state index in [0.717, 1.165) is 27.8 Å². The van der Waals surface area contributed by atoms with E-state index in [9.17, 15) is 0 Å². The van der Waals surface area contributed by atoms with Crippen molar-refractivity contribution in [3.63, 3.8) is 0 Å². The highest BCUT2D eigenvalue weighted by atomic mass is 79.9. The molecule has 0 aliphatic carbocycles. The molecule has 0 saturated carbocycles. The van der Waals surface area contributed by atoms with Crippen LogP contribution in [0.1, 0.15) is 18.2 Å². The van der Waals surface area contributed by atoms with Gasteiger partial charge in [-0.2, -0.15) is 0 Å². The highest BCUT2D eigenvalue weighted by Crippen LogP contribution is 2.25. The Morgan fingerprint density at radius 2 is 2.12 bits per heavy atom. The maximum absolute atomic E-state index is 5.86. The lowest BCUT2D eigenvalue weighted by Gasteiger charge is -2.08. The van der Waals surface area contributed by atoms with E-state index in [1.165, 1.54) is 0 Å². The predicted molar refractivity (Wildman–Crippen MR) is 71.5 cm³/mol. The number of pyridine rings is 1. The summed E-state index contributed by atoms with van der Waals surface area (Å²) in [5.74, 6) is 1.04. The standard InChI is InChI=1S/C12H13BrN4/c1-3-8-9(13)11(14)17-12(16-8)10-7(2)5-4-6-15-10/h4-6H,3H2,1-2H3,(H2,14,16,17). The number of rotatable bonds is 2. The summed E-state index contributed by atoms with van der Waals surface area (Å²) in [6.45, 7) is 4.01. The maximum Gasteiger partial charge on any atom is 0.180 e. The first-order valence-corrected chi connectivity index (χ1v) is 6.16. The van der Waals surface area contributed by atoms with Gasteiger partial charge >= 0.3 is 0 Å². The van der Waals surface area contributed by atoms with Gasteiger partial charge in [-0.1, -0.05) is 13.0 Å². The van der Waals surface area contributed by atoms with Crippen molar-refractivity contribution in [1.82, 2.24) is 15.0 Å². The van der Waals surface area contributed by atoms with Crippen molar-refractivity contribution >= 4 is 21.7 Å². The second kappa shape index (κ2) is 4.79. The third-order valence-corrected chi connectivity index (χ3v) is 3.37. The molecule has 0 aliphatic rings. The Morgan fingerprint density at radius 1 is 1.35 bits per heavy atom. The van der Waals surface area contributed by atoms with Crippen LogP contribution in [-0.2, 0) is 6.42 Å². The molecule has 0 saturated heterocycles. The first kappa shape index (κ1) is 12.0. The quantitative estimate of drug-likeness (QED) is 0.924. The Balaban J connectivity index is 2.61. The number of nitrogens with zero attached hydrogens (tertiary/aromatic N) is 3. The molecule has 4 nitrogen and oxygen atoms in total. The molecule has 0 amide bonds. The number of nitrogens with two attached hydrogens (primary N) is 1. The molecule has 0 spiro atoms. The number of hydrogen-bond donors (Lipinski definition) is 1. The zero-order valence-corrected chi connectivity index (χ0v) is 11.3. The molecular weight excluding hydrogens is 280 g/mol. The summed E-state index contributed by atoms with van der Waals surface area (Å²) in [6, 6.07) is 3.87. The zero-order valence-electron chi connectivity index (χ0n) is 9.74. The van der Waals surface area contributed by atoms with Crippen molar-refractivity contribution in [1.29, 1.82) is 0 Å². The van der Waals surface area contributed by atoms with Gasteiger partial charge in [0.2, 0.25) is 0 Å². The molecule has 0 fully saturated rings. The molecule has 0 radical (unpaired) electrons. The van der Waals surface area contributed by atoms with Gasteiger partial charge in [0.05, 0.1) is 10.2 Å². The molecule has 2 N–H and O–H groups in total. The average Bonchev–Trinajstić information content (AvgIpc) is 2.33. The van der Waals surface area contributed by atoms with E-state index in [0.29, 0.717) is 11.6 Å². The fourth-order valence-corrected chi connectivity index (χ4v) is 2.03. The van der Waals surface area contributed by atoms with Gasteiger partial charge < -0.3 is 5.73 Å². The van der Waals surface area contributed by atoms with Crippen LogP contribution in [0.3, 0.4) is 0 Å². The van der Waals surface area contributed by atoms with E-state index in [4.69, 9.17) is 5.73 Å². The second-order valence-electron chi connectivity index (χ2n) is 3.72. The van der Waals surface area contributed by atoms with Crippen LogP contribution in [0.5, 0.6) is 0 Å². The van der Waals surface area contributed by atoms with Crippen molar-refractivity contribution in [3.8, 4) is 11.5 Å². The Morgan fingerprint density at radius 3 is 2.76 bits per heavy atom. The van der Waals surface area contributed by atoms with Gasteiger partial charge in [-0.05, 0) is 40.9 Å². The number of aromatic nitrogens is 3. The second-order valence-corrected chi connectivity index (χ2v) is 4.51. The fraction of sp³-hybridized carbons (Fsp3) is 0.250. The lowest BCUT2D eigenvalue weighted by atomic mass is 10.2. The zero-order chi connectivity index (χ0) is 12.4. The van der Waals surface area contributed by atoms with E-state index in [1.807, 2.05) is 26.0 Å². The number of hydrogen-bond acceptors (Lipinski definition) is 4. The summed E-state index contributed by atoms with van der Waals surface area (Å²) in [5, 5.41) is 0. The summed E-state index contributed by atoms with van der Waals surface area (Å²) >= 11 is 3.40. The SMILES string of the molecule is CCc1nc(-c2ncccc2C)nc(N)c1Br. The number of anilines is 1. The molecule has 0 aromatic carbocycles. The van der Waals surface area contributed by atoms with E-state index in [2.05, 4.69) is 30.9 Å². The lowest BCUT2D eigenvalue weighted by molar-refractivity contribution is 0.986. The normalized spacial score (nSPS) is 10.5. The highest BCUT2D eigenvalue weighted by Gasteiger charge is 2.12. The van der Waals surface area contributed by atoms with Crippen LogP contribution in [0.25, 0.3) is 11.5 Å². The summed E-state index contributed by atoms with van der Waals surface area (Å²) in [4.78, 5) is 13.1. The molecule has 5 heteroatoms. The highest BCUT2D eigenvalue weighted by molar-refractivity contribution is 9.10. The van der Waals surface area contributed by atoms with E-state index < -0.39 is 0 Å². The summed E-state index contributed by atoms with van der Waals surface area (Å²) in [7, 11) is 0. The van der Waals surface area contributed by atoms with Gasteiger partial charge in [-0.15, -0.1) is 0 Å². The molecule has 2 aromatic heterocycles. The Labute approximate surface area is 108 Å². The number of aryl methyl sites for hydroxylation is 2. The van der Waals surface area contributed by atoms with Gasteiger partial charge in [-0.25, -0.2) is 9.97 Å².